The van der Waals surface area contributed by atoms with E-state index in [1.165, 1.54) is 0 Å². The first kappa shape index (κ1) is 13.1. The summed E-state index contributed by atoms with van der Waals surface area (Å²) in [7, 11) is 0. The fraction of sp³-hybridized carbons (Fsp3) is 0.438. The first-order valence-corrected chi connectivity index (χ1v) is 7.71. The summed E-state index contributed by atoms with van der Waals surface area (Å²) in [5.41, 5.74) is 2.96. The number of piperidine rings is 1. The highest BCUT2D eigenvalue weighted by Gasteiger charge is 2.23. The smallest absolute Gasteiger partial charge is 0.139 e. The van der Waals surface area contributed by atoms with Gasteiger partial charge in [0.25, 0.3) is 0 Å². The van der Waals surface area contributed by atoms with E-state index in [-0.39, 0.29) is 0 Å². The van der Waals surface area contributed by atoms with Gasteiger partial charge in [-0.1, -0.05) is 0 Å². The summed E-state index contributed by atoms with van der Waals surface area (Å²) in [6.07, 6.45) is 6.55. The minimum absolute atomic E-state index is 0.533. The molecule has 0 radical (unpaired) electrons. The molecule has 0 unspecified atom stereocenters. The molecule has 1 fully saturated rings. The lowest BCUT2D eigenvalue weighted by molar-refractivity contribution is 0.369. The lowest BCUT2D eigenvalue weighted by atomic mass is 9.95. The maximum atomic E-state index is 8.86. The fourth-order valence-corrected chi connectivity index (χ4v) is 3.47. The van der Waals surface area contributed by atoms with Gasteiger partial charge in [0.2, 0.25) is 0 Å². The van der Waals surface area contributed by atoms with Crippen LogP contribution in [0.2, 0.25) is 0 Å². The van der Waals surface area contributed by atoms with Crippen molar-refractivity contribution in [2.75, 3.05) is 18.1 Å². The molecule has 0 aromatic carbocycles. The molecule has 1 aliphatic rings. The van der Waals surface area contributed by atoms with Gasteiger partial charge in [0.05, 0.1) is 12.3 Å². The van der Waals surface area contributed by atoms with Crippen LogP contribution in [0.3, 0.4) is 0 Å². The molecule has 1 N–H and O–H groups in total. The van der Waals surface area contributed by atoms with E-state index in [0.717, 1.165) is 53.8 Å². The summed E-state index contributed by atoms with van der Waals surface area (Å²) in [6.45, 7) is 3.97. The molecule has 3 aromatic heterocycles. The van der Waals surface area contributed by atoms with Crippen LogP contribution < -0.4 is 5.01 Å². The number of aromatic nitrogens is 4. The summed E-state index contributed by atoms with van der Waals surface area (Å²) in [4.78, 5) is 12.3. The number of nitrogens with one attached hydrogen (secondary N) is 1. The molecule has 4 heterocycles. The molecule has 0 amide bonds. The quantitative estimate of drug-likeness (QED) is 0.788. The number of pyridine rings is 1. The predicted molar refractivity (Wildman–Crippen MR) is 85.0 cm³/mol. The van der Waals surface area contributed by atoms with Crippen molar-refractivity contribution in [2.24, 2.45) is 5.92 Å². The highest BCUT2D eigenvalue weighted by molar-refractivity contribution is 6.01. The van der Waals surface area contributed by atoms with Crippen molar-refractivity contribution in [2.45, 2.75) is 26.2 Å². The molecule has 112 valence electrons. The van der Waals surface area contributed by atoms with Crippen LogP contribution >= 0.6 is 0 Å². The molecular formula is C16H18N6. The molecule has 0 atom stereocenters. The summed E-state index contributed by atoms with van der Waals surface area (Å²) in [5.74, 6) is 1.52. The summed E-state index contributed by atoms with van der Waals surface area (Å²) >= 11 is 0. The van der Waals surface area contributed by atoms with Crippen molar-refractivity contribution < 1.29 is 0 Å². The zero-order valence-corrected chi connectivity index (χ0v) is 12.6. The van der Waals surface area contributed by atoms with Gasteiger partial charge in [-0.2, -0.15) is 5.26 Å². The standard InChI is InChI=1S/C16H18N6/c1-11-20-14-10-19-16-13(3-7-18-16)15(14)22(11)21-8-4-12(2-6-17)5-9-21/h3,7,10,12H,2,4-5,8-9H2,1H3,(H,18,19). The zero-order chi connectivity index (χ0) is 15.1. The van der Waals surface area contributed by atoms with Gasteiger partial charge in [0.15, 0.2) is 0 Å². The van der Waals surface area contributed by atoms with Gasteiger partial charge in [0, 0.05) is 31.1 Å². The van der Waals surface area contributed by atoms with Gasteiger partial charge in [-0.05, 0) is 31.7 Å². The van der Waals surface area contributed by atoms with Crippen LogP contribution in [0.5, 0.6) is 0 Å². The Morgan fingerprint density at radius 2 is 2.23 bits per heavy atom. The average molecular weight is 294 g/mol. The number of aromatic amines is 1. The van der Waals surface area contributed by atoms with E-state index < -0.39 is 0 Å². The van der Waals surface area contributed by atoms with Crippen LogP contribution in [0, 0.1) is 24.2 Å². The predicted octanol–water partition coefficient (Wildman–Crippen LogP) is 2.48. The fourth-order valence-electron chi connectivity index (χ4n) is 3.47. The van der Waals surface area contributed by atoms with E-state index in [2.05, 4.69) is 36.8 Å². The van der Waals surface area contributed by atoms with Gasteiger partial charge in [-0.3, -0.25) is 0 Å². The highest BCUT2D eigenvalue weighted by atomic mass is 15.6. The van der Waals surface area contributed by atoms with E-state index in [1.54, 1.807) is 0 Å². The second kappa shape index (κ2) is 5.02. The number of nitrogens with zero attached hydrogens (tertiary/aromatic N) is 5. The SMILES string of the molecule is Cc1nc2cnc3[nH]ccc3c2n1N1CCC(CC#N)CC1. The number of fused-ring (bicyclic) bond motifs is 3. The van der Waals surface area contributed by atoms with E-state index >= 15 is 0 Å². The van der Waals surface area contributed by atoms with Crippen LogP contribution in [-0.2, 0) is 0 Å². The molecular weight excluding hydrogens is 276 g/mol. The first-order chi connectivity index (χ1) is 10.8. The lowest BCUT2D eigenvalue weighted by Crippen LogP contribution is -2.42. The Balaban J connectivity index is 1.77. The van der Waals surface area contributed by atoms with Crippen LogP contribution in [-0.4, -0.2) is 32.7 Å². The number of imidazole rings is 1. The van der Waals surface area contributed by atoms with E-state index in [0.29, 0.717) is 12.3 Å². The Bertz CT molecular complexity index is 860. The monoisotopic (exact) mass is 294 g/mol. The van der Waals surface area contributed by atoms with Crippen molar-refractivity contribution in [3.63, 3.8) is 0 Å². The third-order valence-corrected chi connectivity index (χ3v) is 4.59. The molecule has 0 spiro atoms. The van der Waals surface area contributed by atoms with E-state index in [1.807, 2.05) is 19.3 Å². The van der Waals surface area contributed by atoms with Crippen molar-refractivity contribution in [1.82, 2.24) is 19.6 Å². The van der Waals surface area contributed by atoms with Crippen LogP contribution in [0.15, 0.2) is 18.5 Å². The normalized spacial score (nSPS) is 16.5. The van der Waals surface area contributed by atoms with Crippen molar-refractivity contribution in [3.05, 3.63) is 24.3 Å². The number of hydrogen-bond acceptors (Lipinski definition) is 4. The Morgan fingerprint density at radius 1 is 1.41 bits per heavy atom. The topological polar surface area (TPSA) is 73.5 Å². The van der Waals surface area contributed by atoms with Crippen molar-refractivity contribution >= 4 is 22.1 Å². The van der Waals surface area contributed by atoms with E-state index in [9.17, 15) is 0 Å². The molecule has 3 aromatic rings. The maximum Gasteiger partial charge on any atom is 0.139 e. The largest absolute Gasteiger partial charge is 0.346 e. The van der Waals surface area contributed by atoms with Crippen LogP contribution in [0.25, 0.3) is 22.1 Å². The molecule has 6 nitrogen and oxygen atoms in total. The van der Waals surface area contributed by atoms with Gasteiger partial charge in [-0.25, -0.2) is 14.6 Å². The molecule has 1 saturated heterocycles. The molecule has 0 saturated carbocycles. The van der Waals surface area contributed by atoms with Gasteiger partial charge < -0.3 is 9.99 Å². The minimum atomic E-state index is 0.533. The summed E-state index contributed by atoms with van der Waals surface area (Å²) in [6, 6.07) is 4.36. The number of hydrogen-bond donors (Lipinski definition) is 1. The number of H-pyrrole nitrogens is 1. The van der Waals surface area contributed by atoms with Crippen LogP contribution in [0.1, 0.15) is 25.1 Å². The molecule has 4 rings (SSSR count). The summed E-state index contributed by atoms with van der Waals surface area (Å²) < 4.78 is 2.23. The lowest BCUT2D eigenvalue weighted by Gasteiger charge is -2.34. The Labute approximate surface area is 128 Å². The molecule has 0 aliphatic carbocycles. The molecule has 0 bridgehead atoms. The Morgan fingerprint density at radius 3 is 3.00 bits per heavy atom. The van der Waals surface area contributed by atoms with Gasteiger partial charge >= 0.3 is 0 Å². The van der Waals surface area contributed by atoms with E-state index in [4.69, 9.17) is 5.26 Å². The maximum absolute atomic E-state index is 8.86. The number of rotatable bonds is 2. The molecule has 1 aliphatic heterocycles. The highest BCUT2D eigenvalue weighted by Crippen LogP contribution is 2.27. The molecule has 22 heavy (non-hydrogen) atoms. The second-order valence-corrected chi connectivity index (χ2v) is 5.96. The van der Waals surface area contributed by atoms with Crippen molar-refractivity contribution in [1.29, 1.82) is 5.26 Å². The minimum Gasteiger partial charge on any atom is -0.346 e. The number of nitriles is 1. The summed E-state index contributed by atoms with van der Waals surface area (Å²) in [5, 5.41) is 12.3. The first-order valence-electron chi connectivity index (χ1n) is 7.71. The third kappa shape index (κ3) is 1.93. The Hall–Kier alpha value is -2.55. The van der Waals surface area contributed by atoms with Gasteiger partial charge in [-0.15, -0.1) is 0 Å². The van der Waals surface area contributed by atoms with Crippen LogP contribution in [0.4, 0.5) is 0 Å². The average Bonchev–Trinajstić information content (AvgIpc) is 3.11. The molecule has 6 heteroatoms. The van der Waals surface area contributed by atoms with Crippen molar-refractivity contribution in [3.8, 4) is 6.07 Å². The van der Waals surface area contributed by atoms with Gasteiger partial charge in [0.1, 0.15) is 22.5 Å². The second-order valence-electron chi connectivity index (χ2n) is 5.96. The number of aryl methyl sites for hydroxylation is 1. The Kier molecular flexibility index (Phi) is 3.00. The third-order valence-electron chi connectivity index (χ3n) is 4.59. The zero-order valence-electron chi connectivity index (χ0n) is 12.6.